The predicted molar refractivity (Wildman–Crippen MR) is 73.9 cm³/mol. The van der Waals surface area contributed by atoms with E-state index in [0.29, 0.717) is 22.6 Å². The van der Waals surface area contributed by atoms with Gasteiger partial charge in [0.05, 0.1) is 11.6 Å². The van der Waals surface area contributed by atoms with Crippen molar-refractivity contribution in [3.8, 4) is 5.75 Å². The van der Waals surface area contributed by atoms with Gasteiger partial charge in [-0.25, -0.2) is 4.79 Å². The van der Waals surface area contributed by atoms with Gasteiger partial charge >= 0.3 is 5.97 Å². The van der Waals surface area contributed by atoms with Crippen LogP contribution in [0.2, 0.25) is 5.02 Å². The first-order valence-electron chi connectivity index (χ1n) is 5.97. The number of aldehydes is 1. The second-order valence-corrected chi connectivity index (χ2v) is 4.32. The van der Waals surface area contributed by atoms with Gasteiger partial charge in [0.15, 0.2) is 6.61 Å². The predicted octanol–water partition coefficient (Wildman–Crippen LogP) is 2.40. The van der Waals surface area contributed by atoms with Crippen LogP contribution in [0.15, 0.2) is 30.5 Å². The number of carbonyl (C=O) groups is 2. The summed E-state index contributed by atoms with van der Waals surface area (Å²) in [6.07, 6.45) is 2.48. The number of pyridine rings is 1. The van der Waals surface area contributed by atoms with E-state index in [1.165, 1.54) is 0 Å². The summed E-state index contributed by atoms with van der Waals surface area (Å²) in [5.74, 6) is -0.0804. The number of hydrogen-bond donors (Lipinski definition) is 0. The van der Waals surface area contributed by atoms with Crippen molar-refractivity contribution in [2.75, 3.05) is 13.2 Å². The van der Waals surface area contributed by atoms with E-state index < -0.39 is 5.97 Å². The zero-order valence-corrected chi connectivity index (χ0v) is 11.3. The minimum atomic E-state index is -0.536. The van der Waals surface area contributed by atoms with Crippen LogP contribution in [0, 0.1) is 0 Å². The smallest absolute Gasteiger partial charge is 0.344 e. The number of halogens is 1. The number of carbonyl (C=O) groups excluding carboxylic acids is 2. The topological polar surface area (TPSA) is 65.5 Å². The second-order valence-electron chi connectivity index (χ2n) is 3.91. The van der Waals surface area contributed by atoms with E-state index >= 15 is 0 Å². The van der Waals surface area contributed by atoms with E-state index in [2.05, 4.69) is 4.98 Å². The van der Waals surface area contributed by atoms with Crippen LogP contribution in [0.4, 0.5) is 0 Å². The molecule has 0 unspecified atom stereocenters. The van der Waals surface area contributed by atoms with Crippen LogP contribution in [0.5, 0.6) is 5.75 Å². The molecule has 104 valence electrons. The molecule has 0 N–H and O–H groups in total. The van der Waals surface area contributed by atoms with Gasteiger partial charge in [-0.15, -0.1) is 0 Å². The van der Waals surface area contributed by atoms with Crippen molar-refractivity contribution in [3.05, 3.63) is 35.5 Å². The molecule has 0 aliphatic heterocycles. The van der Waals surface area contributed by atoms with Crippen LogP contribution >= 0.6 is 11.6 Å². The van der Waals surface area contributed by atoms with Gasteiger partial charge in [-0.1, -0.05) is 11.6 Å². The fraction of sp³-hybridized carbons (Fsp3) is 0.214. The van der Waals surface area contributed by atoms with E-state index in [1.54, 1.807) is 24.4 Å². The Morgan fingerprint density at radius 2 is 2.20 bits per heavy atom. The van der Waals surface area contributed by atoms with E-state index in [-0.39, 0.29) is 19.6 Å². The number of rotatable bonds is 6. The highest BCUT2D eigenvalue weighted by Crippen LogP contribution is 2.29. The van der Waals surface area contributed by atoms with Gasteiger partial charge in [-0.05, 0) is 24.3 Å². The molecule has 0 amide bonds. The molecular weight excluding hydrogens is 282 g/mol. The summed E-state index contributed by atoms with van der Waals surface area (Å²) in [5, 5.41) is 1.31. The third-order valence-corrected chi connectivity index (χ3v) is 2.85. The lowest BCUT2D eigenvalue weighted by molar-refractivity contribution is -0.146. The first-order chi connectivity index (χ1) is 9.72. The van der Waals surface area contributed by atoms with Crippen molar-refractivity contribution >= 4 is 34.8 Å². The summed E-state index contributed by atoms with van der Waals surface area (Å²) >= 11 is 6.06. The first kappa shape index (κ1) is 14.3. The maximum Gasteiger partial charge on any atom is 0.344 e. The van der Waals surface area contributed by atoms with Crippen LogP contribution in [0.3, 0.4) is 0 Å². The van der Waals surface area contributed by atoms with Crippen LogP contribution in [-0.4, -0.2) is 30.5 Å². The molecule has 20 heavy (non-hydrogen) atoms. The van der Waals surface area contributed by atoms with Crippen molar-refractivity contribution in [2.45, 2.75) is 6.42 Å². The Kier molecular flexibility index (Phi) is 4.90. The Morgan fingerprint density at radius 3 is 3.00 bits per heavy atom. The molecule has 0 atom stereocenters. The van der Waals surface area contributed by atoms with Crippen LogP contribution in [0.1, 0.15) is 6.42 Å². The molecule has 5 nitrogen and oxygen atoms in total. The normalized spacial score (nSPS) is 10.2. The van der Waals surface area contributed by atoms with Gasteiger partial charge in [0.1, 0.15) is 17.6 Å². The summed E-state index contributed by atoms with van der Waals surface area (Å²) in [7, 11) is 0. The van der Waals surface area contributed by atoms with Crippen molar-refractivity contribution in [1.82, 2.24) is 4.98 Å². The number of ether oxygens (including phenoxy) is 2. The number of benzene rings is 1. The molecule has 1 aromatic heterocycles. The largest absolute Gasteiger partial charge is 0.480 e. The molecule has 0 saturated heterocycles. The zero-order valence-electron chi connectivity index (χ0n) is 10.5. The average Bonchev–Trinajstić information content (AvgIpc) is 2.47. The van der Waals surface area contributed by atoms with E-state index in [9.17, 15) is 9.59 Å². The van der Waals surface area contributed by atoms with Crippen molar-refractivity contribution in [2.24, 2.45) is 0 Å². The Morgan fingerprint density at radius 1 is 1.35 bits per heavy atom. The minimum absolute atomic E-state index is 0.0608. The van der Waals surface area contributed by atoms with Crippen LogP contribution in [0.25, 0.3) is 10.9 Å². The van der Waals surface area contributed by atoms with Gasteiger partial charge in [0.2, 0.25) is 0 Å². The van der Waals surface area contributed by atoms with Crippen molar-refractivity contribution in [1.29, 1.82) is 0 Å². The third-order valence-electron chi connectivity index (χ3n) is 2.52. The fourth-order valence-electron chi connectivity index (χ4n) is 1.63. The molecular formula is C14H12ClNO4. The molecule has 2 rings (SSSR count). The fourth-order valence-corrected chi connectivity index (χ4v) is 1.84. The number of fused-ring (bicyclic) bond motifs is 1. The number of nitrogens with zero attached hydrogens (tertiary/aromatic N) is 1. The van der Waals surface area contributed by atoms with E-state index in [4.69, 9.17) is 21.1 Å². The molecule has 6 heteroatoms. The van der Waals surface area contributed by atoms with E-state index in [1.807, 2.05) is 6.07 Å². The molecule has 1 heterocycles. The summed E-state index contributed by atoms with van der Waals surface area (Å²) in [4.78, 5) is 25.7. The van der Waals surface area contributed by atoms with E-state index in [0.717, 1.165) is 5.39 Å². The summed E-state index contributed by atoms with van der Waals surface area (Å²) in [6.45, 7) is -0.183. The molecule has 0 fully saturated rings. The number of esters is 1. The molecule has 0 bridgehead atoms. The average molecular weight is 294 g/mol. The van der Waals surface area contributed by atoms with Gasteiger partial charge < -0.3 is 14.3 Å². The van der Waals surface area contributed by atoms with Gasteiger partial charge in [-0.3, -0.25) is 4.98 Å². The maximum atomic E-state index is 11.4. The molecule has 0 aliphatic rings. The highest BCUT2D eigenvalue weighted by molar-refractivity contribution is 6.35. The summed E-state index contributed by atoms with van der Waals surface area (Å²) < 4.78 is 10.2. The lowest BCUT2D eigenvalue weighted by Gasteiger charge is -2.09. The SMILES string of the molecule is O=CCCOC(=O)COc1ccc(Cl)c2cccnc12. The zero-order chi connectivity index (χ0) is 14.4. The van der Waals surface area contributed by atoms with Crippen molar-refractivity contribution in [3.63, 3.8) is 0 Å². The van der Waals surface area contributed by atoms with Crippen molar-refractivity contribution < 1.29 is 19.1 Å². The number of aromatic nitrogens is 1. The van der Waals surface area contributed by atoms with Crippen LogP contribution < -0.4 is 4.74 Å². The first-order valence-corrected chi connectivity index (χ1v) is 6.35. The Labute approximate surface area is 120 Å². The molecule has 0 aliphatic carbocycles. The molecule has 2 aromatic rings. The van der Waals surface area contributed by atoms with Gasteiger partial charge in [0, 0.05) is 18.0 Å². The number of hydrogen-bond acceptors (Lipinski definition) is 5. The monoisotopic (exact) mass is 293 g/mol. The Hall–Kier alpha value is -2.14. The lowest BCUT2D eigenvalue weighted by Crippen LogP contribution is -2.15. The Balaban J connectivity index is 2.05. The Bertz CT molecular complexity index is 630. The second kappa shape index (κ2) is 6.86. The molecule has 0 saturated carbocycles. The quantitative estimate of drug-likeness (QED) is 0.465. The maximum absolute atomic E-state index is 11.4. The highest BCUT2D eigenvalue weighted by atomic mass is 35.5. The molecule has 0 spiro atoms. The van der Waals surface area contributed by atoms with Gasteiger partial charge in [0.25, 0.3) is 0 Å². The lowest BCUT2D eigenvalue weighted by atomic mass is 10.2. The molecule has 0 radical (unpaired) electrons. The summed E-state index contributed by atoms with van der Waals surface area (Å²) in [5.41, 5.74) is 0.584. The van der Waals surface area contributed by atoms with Gasteiger partial charge in [-0.2, -0.15) is 0 Å². The standard InChI is InChI=1S/C14H12ClNO4/c15-11-4-5-12(14-10(11)3-1-6-16-14)20-9-13(18)19-8-2-7-17/h1,3-7H,2,8-9H2. The molecule has 1 aromatic carbocycles. The minimum Gasteiger partial charge on any atom is -0.480 e. The highest BCUT2D eigenvalue weighted by Gasteiger charge is 2.09. The van der Waals surface area contributed by atoms with Crippen LogP contribution in [-0.2, 0) is 14.3 Å². The summed E-state index contributed by atoms with van der Waals surface area (Å²) in [6, 6.07) is 6.92. The third kappa shape index (κ3) is 3.45.